The van der Waals surface area contributed by atoms with Crippen LogP contribution in [0, 0.1) is 29.1 Å². The van der Waals surface area contributed by atoms with Crippen LogP contribution >= 0.6 is 0 Å². The highest BCUT2D eigenvalue weighted by molar-refractivity contribution is 6.10. The Kier molecular flexibility index (Phi) is 7.77. The van der Waals surface area contributed by atoms with E-state index in [2.05, 4.69) is 103 Å². The van der Waals surface area contributed by atoms with E-state index in [4.69, 9.17) is 15.0 Å². The summed E-state index contributed by atoms with van der Waals surface area (Å²) in [7, 11) is 0. The molecule has 2 aromatic heterocycles. The fourth-order valence-electron chi connectivity index (χ4n) is 9.56. The van der Waals surface area contributed by atoms with Gasteiger partial charge in [0, 0.05) is 33.2 Å². The molecule has 9 rings (SSSR count). The lowest BCUT2D eigenvalue weighted by atomic mass is 9.54. The molecule has 2 heterocycles. The Hall–Kier alpha value is -5.60. The number of benzene rings is 5. The molecule has 0 saturated heterocycles. The Morgan fingerprint density at radius 1 is 0.667 bits per heavy atom. The summed E-state index contributed by atoms with van der Waals surface area (Å²) in [6.07, 6.45) is 7.99. The van der Waals surface area contributed by atoms with Crippen molar-refractivity contribution in [3.8, 4) is 45.9 Å². The Morgan fingerprint density at radius 2 is 1.31 bits per heavy atom. The van der Waals surface area contributed by atoms with Crippen LogP contribution in [0.5, 0.6) is 0 Å². The van der Waals surface area contributed by atoms with E-state index < -0.39 is 0 Å². The van der Waals surface area contributed by atoms with E-state index in [0.717, 1.165) is 61.9 Å². The number of fused-ring (bicyclic) bond motifs is 5. The van der Waals surface area contributed by atoms with E-state index >= 15 is 0 Å². The molecule has 5 heteroatoms. The third kappa shape index (κ3) is 5.60. The summed E-state index contributed by atoms with van der Waals surface area (Å²) in [5.41, 5.74) is 8.55. The van der Waals surface area contributed by atoms with Crippen molar-refractivity contribution < 1.29 is 0 Å². The van der Waals surface area contributed by atoms with Crippen LogP contribution in [0.1, 0.15) is 63.5 Å². The zero-order valence-electron chi connectivity index (χ0n) is 29.3. The maximum atomic E-state index is 9.38. The molecule has 1 unspecified atom stereocenters. The third-order valence-corrected chi connectivity index (χ3v) is 11.7. The quantitative estimate of drug-likeness (QED) is 0.178. The van der Waals surface area contributed by atoms with Crippen LogP contribution in [0.4, 0.5) is 0 Å². The molecule has 2 fully saturated rings. The molecule has 0 N–H and O–H groups in total. The first kappa shape index (κ1) is 31.4. The average Bonchev–Trinajstić information content (AvgIpc) is 3.51. The summed E-state index contributed by atoms with van der Waals surface area (Å²) >= 11 is 0. The second kappa shape index (κ2) is 12.6. The molecule has 51 heavy (non-hydrogen) atoms. The zero-order valence-corrected chi connectivity index (χ0v) is 29.3. The van der Waals surface area contributed by atoms with Crippen molar-refractivity contribution in [2.24, 2.45) is 17.8 Å². The summed E-state index contributed by atoms with van der Waals surface area (Å²) in [6, 6.07) is 44.4. The molecule has 4 atom stereocenters. The molecule has 5 nitrogen and oxygen atoms in total. The Bertz CT molecular complexity index is 2420. The van der Waals surface area contributed by atoms with Crippen LogP contribution in [0.15, 0.2) is 121 Å². The third-order valence-electron chi connectivity index (χ3n) is 11.7. The average molecular weight is 664 g/mol. The number of hydrogen-bond donors (Lipinski definition) is 0. The van der Waals surface area contributed by atoms with Crippen LogP contribution in [-0.4, -0.2) is 19.5 Å². The van der Waals surface area contributed by atoms with Crippen LogP contribution in [0.25, 0.3) is 61.7 Å². The highest BCUT2D eigenvalue weighted by Gasteiger charge is 2.45. The SMILES string of the molecule is CC[C@@H]1C[C@@H]2C[C@H](C)CC(c3ccc(-c4nc(-c5ccccc5)nc(-c5ccc6c(c5)c5ccccc5n6-c5ccc(C#N)cc5)n4)cc3)(C1)C2. The van der Waals surface area contributed by atoms with Gasteiger partial charge < -0.3 is 4.57 Å². The molecule has 5 aromatic carbocycles. The first-order valence-electron chi connectivity index (χ1n) is 18.5. The van der Waals surface area contributed by atoms with Crippen LogP contribution in [0.3, 0.4) is 0 Å². The first-order valence-corrected chi connectivity index (χ1v) is 18.5. The lowest BCUT2D eigenvalue weighted by molar-refractivity contribution is 0.0702. The van der Waals surface area contributed by atoms with Gasteiger partial charge in [0.1, 0.15) is 0 Å². The van der Waals surface area contributed by atoms with Crippen molar-refractivity contribution in [2.45, 2.75) is 57.8 Å². The van der Waals surface area contributed by atoms with Crippen molar-refractivity contribution in [2.75, 3.05) is 0 Å². The standard InChI is InChI=1S/C46H41N5/c1-3-31-24-33-23-30(2)26-46(27-31,28-33)37-18-15-35(16-19-37)44-48-43(34-9-5-4-6-10-34)49-45(50-44)36-17-22-42-40(25-36)39-11-7-8-12-41(39)51(42)38-20-13-32(29-47)14-21-38/h4-22,25,30-31,33H,3,23-24,26-28H2,1-2H3/t30-,31+,33-,46?/m0/s1. The van der Waals surface area contributed by atoms with E-state index in [1.807, 2.05) is 42.5 Å². The van der Waals surface area contributed by atoms with Crippen LogP contribution in [-0.2, 0) is 5.41 Å². The lowest BCUT2D eigenvalue weighted by Crippen LogP contribution is -2.42. The minimum absolute atomic E-state index is 0.283. The van der Waals surface area contributed by atoms with E-state index in [0.29, 0.717) is 23.0 Å². The molecular weight excluding hydrogens is 623 g/mol. The monoisotopic (exact) mass is 663 g/mol. The minimum Gasteiger partial charge on any atom is -0.309 e. The molecule has 2 aliphatic rings. The van der Waals surface area contributed by atoms with Gasteiger partial charge in [0.25, 0.3) is 0 Å². The number of nitriles is 1. The van der Waals surface area contributed by atoms with Gasteiger partial charge in [-0.15, -0.1) is 0 Å². The maximum absolute atomic E-state index is 9.38. The molecule has 0 amide bonds. The van der Waals surface area contributed by atoms with E-state index in [-0.39, 0.29) is 5.41 Å². The molecule has 0 aliphatic heterocycles. The molecule has 0 spiro atoms. The second-order valence-corrected chi connectivity index (χ2v) is 15.1. The first-order chi connectivity index (χ1) is 25.0. The predicted molar refractivity (Wildman–Crippen MR) is 206 cm³/mol. The fraction of sp³-hybridized carbons (Fsp3) is 0.261. The molecule has 2 aliphatic carbocycles. The lowest BCUT2D eigenvalue weighted by Gasteiger charge is -2.51. The normalized spacial score (nSPS) is 21.5. The van der Waals surface area contributed by atoms with Gasteiger partial charge in [0.15, 0.2) is 17.5 Å². The minimum atomic E-state index is 0.283. The van der Waals surface area contributed by atoms with Crippen molar-refractivity contribution in [1.29, 1.82) is 5.26 Å². The number of nitrogens with zero attached hydrogens (tertiary/aromatic N) is 5. The summed E-state index contributed by atoms with van der Waals surface area (Å²) in [4.78, 5) is 15.3. The topological polar surface area (TPSA) is 67.4 Å². The smallest absolute Gasteiger partial charge is 0.164 e. The molecule has 7 aromatic rings. The number of aromatic nitrogens is 4. The van der Waals surface area contributed by atoms with Crippen molar-refractivity contribution in [3.63, 3.8) is 0 Å². The van der Waals surface area contributed by atoms with E-state index in [1.54, 1.807) is 0 Å². The number of hydrogen-bond acceptors (Lipinski definition) is 4. The predicted octanol–water partition coefficient (Wildman–Crippen LogP) is 11.3. The van der Waals surface area contributed by atoms with Gasteiger partial charge in [0.2, 0.25) is 0 Å². The van der Waals surface area contributed by atoms with Gasteiger partial charge in [-0.1, -0.05) is 93.1 Å². The molecule has 0 radical (unpaired) electrons. The maximum Gasteiger partial charge on any atom is 0.164 e. The number of rotatable bonds is 6. The fourth-order valence-corrected chi connectivity index (χ4v) is 9.56. The summed E-state index contributed by atoms with van der Waals surface area (Å²) in [5.74, 6) is 4.46. The van der Waals surface area contributed by atoms with Crippen molar-refractivity contribution in [1.82, 2.24) is 19.5 Å². The number of para-hydroxylation sites is 1. The van der Waals surface area contributed by atoms with Gasteiger partial charge in [-0.05, 0) is 109 Å². The van der Waals surface area contributed by atoms with Crippen LogP contribution in [0.2, 0.25) is 0 Å². The van der Waals surface area contributed by atoms with Crippen molar-refractivity contribution >= 4 is 21.8 Å². The van der Waals surface area contributed by atoms with Gasteiger partial charge >= 0.3 is 0 Å². The van der Waals surface area contributed by atoms with E-state index in [1.165, 1.54) is 44.1 Å². The second-order valence-electron chi connectivity index (χ2n) is 15.1. The van der Waals surface area contributed by atoms with Gasteiger partial charge in [-0.25, -0.2) is 15.0 Å². The zero-order chi connectivity index (χ0) is 34.5. The van der Waals surface area contributed by atoms with Crippen molar-refractivity contribution in [3.05, 3.63) is 132 Å². The Labute approximate surface area is 299 Å². The summed E-state index contributed by atoms with van der Waals surface area (Å²) in [5, 5.41) is 11.6. The molecule has 250 valence electrons. The highest BCUT2D eigenvalue weighted by Crippen LogP contribution is 2.54. The largest absolute Gasteiger partial charge is 0.309 e. The molecular formula is C46H41N5. The van der Waals surface area contributed by atoms with Gasteiger partial charge in [0.05, 0.1) is 22.7 Å². The van der Waals surface area contributed by atoms with Gasteiger partial charge in [-0.3, -0.25) is 0 Å². The Morgan fingerprint density at radius 3 is 2.04 bits per heavy atom. The summed E-state index contributed by atoms with van der Waals surface area (Å²) in [6.45, 7) is 4.83. The van der Waals surface area contributed by atoms with E-state index in [9.17, 15) is 5.26 Å². The summed E-state index contributed by atoms with van der Waals surface area (Å²) < 4.78 is 2.26. The Balaban J connectivity index is 1.15. The van der Waals surface area contributed by atoms with Crippen LogP contribution < -0.4 is 0 Å². The van der Waals surface area contributed by atoms with Gasteiger partial charge in [-0.2, -0.15) is 5.26 Å². The molecule has 2 bridgehead atoms. The highest BCUT2D eigenvalue weighted by atomic mass is 15.0. The molecule has 2 saturated carbocycles.